The van der Waals surface area contributed by atoms with Crippen LogP contribution in [-0.4, -0.2) is 35.6 Å². The van der Waals surface area contributed by atoms with E-state index in [1.807, 2.05) is 4.90 Å². The maximum atomic E-state index is 11.6. The largest absolute Gasteiger partial charge is 0.467 e. The molecule has 6 heteroatoms. The molecular weight excluding hydrogens is 208 g/mol. The molecule has 0 saturated carbocycles. The average Bonchev–Trinajstić information content (AvgIpc) is 2.77. The number of methoxy groups -OCH3 is 1. The van der Waals surface area contributed by atoms with E-state index in [0.717, 1.165) is 19.4 Å². The van der Waals surface area contributed by atoms with Crippen LogP contribution in [0.2, 0.25) is 0 Å². The van der Waals surface area contributed by atoms with E-state index in [-0.39, 0.29) is 12.0 Å². The van der Waals surface area contributed by atoms with Crippen LogP contribution in [0.25, 0.3) is 0 Å². The number of nitrogens with zero attached hydrogens (tertiary/aromatic N) is 3. The van der Waals surface area contributed by atoms with Crippen LogP contribution in [0.15, 0.2) is 12.4 Å². The van der Waals surface area contributed by atoms with Gasteiger partial charge in [-0.2, -0.15) is 0 Å². The van der Waals surface area contributed by atoms with Gasteiger partial charge in [-0.05, 0) is 12.8 Å². The quantitative estimate of drug-likeness (QED) is 0.720. The van der Waals surface area contributed by atoms with Crippen molar-refractivity contribution in [3.05, 3.63) is 12.4 Å². The Morgan fingerprint density at radius 2 is 2.31 bits per heavy atom. The number of ether oxygens (including phenoxy) is 1. The van der Waals surface area contributed by atoms with E-state index >= 15 is 0 Å². The molecule has 1 aliphatic heterocycles. The third-order valence-corrected chi connectivity index (χ3v) is 2.70. The highest BCUT2D eigenvalue weighted by Gasteiger charge is 2.33. The van der Waals surface area contributed by atoms with Gasteiger partial charge in [0.05, 0.1) is 7.11 Å². The fraction of sp³-hybridized carbons (Fsp3) is 0.500. The zero-order chi connectivity index (χ0) is 11.5. The minimum Gasteiger partial charge on any atom is -0.467 e. The number of rotatable bonds is 2. The van der Waals surface area contributed by atoms with Crippen LogP contribution < -0.4 is 10.6 Å². The molecule has 0 aromatic carbocycles. The molecule has 1 aliphatic rings. The number of hydrogen-bond donors (Lipinski definition) is 1. The Morgan fingerprint density at radius 3 is 3.00 bits per heavy atom. The Morgan fingerprint density at radius 1 is 1.56 bits per heavy atom. The molecule has 0 amide bonds. The first-order chi connectivity index (χ1) is 7.74. The van der Waals surface area contributed by atoms with E-state index in [4.69, 9.17) is 10.5 Å². The normalized spacial score (nSPS) is 19.8. The van der Waals surface area contributed by atoms with Crippen LogP contribution >= 0.6 is 0 Å². The minimum atomic E-state index is -0.288. The van der Waals surface area contributed by atoms with E-state index in [1.54, 1.807) is 6.20 Å². The van der Waals surface area contributed by atoms with Crippen molar-refractivity contribution in [2.75, 3.05) is 24.3 Å². The summed E-state index contributed by atoms with van der Waals surface area (Å²) in [6, 6.07) is -0.288. The molecule has 0 aliphatic carbocycles. The topological polar surface area (TPSA) is 81.3 Å². The van der Waals surface area contributed by atoms with Gasteiger partial charge < -0.3 is 15.4 Å². The third kappa shape index (κ3) is 1.78. The summed E-state index contributed by atoms with van der Waals surface area (Å²) in [4.78, 5) is 21.5. The molecule has 0 bridgehead atoms. The maximum Gasteiger partial charge on any atom is 0.328 e. The number of nitrogens with two attached hydrogens (primary N) is 1. The summed E-state index contributed by atoms with van der Waals surface area (Å²) in [6.07, 6.45) is 4.79. The molecule has 1 saturated heterocycles. The predicted octanol–water partition coefficient (Wildman–Crippen LogP) is 0.201. The molecule has 2 heterocycles. The lowest BCUT2D eigenvalue weighted by Gasteiger charge is -2.23. The first kappa shape index (κ1) is 10.7. The monoisotopic (exact) mass is 222 g/mol. The van der Waals surface area contributed by atoms with E-state index < -0.39 is 0 Å². The van der Waals surface area contributed by atoms with Crippen molar-refractivity contribution in [3.63, 3.8) is 0 Å². The number of hydrogen-bond acceptors (Lipinski definition) is 6. The molecule has 6 nitrogen and oxygen atoms in total. The van der Waals surface area contributed by atoms with Gasteiger partial charge in [0, 0.05) is 18.9 Å². The Kier molecular flexibility index (Phi) is 2.89. The lowest BCUT2D eigenvalue weighted by atomic mass is 10.2. The molecule has 2 N–H and O–H groups in total. The van der Waals surface area contributed by atoms with Crippen LogP contribution in [0.3, 0.4) is 0 Å². The fourth-order valence-corrected chi connectivity index (χ4v) is 1.96. The number of esters is 1. The van der Waals surface area contributed by atoms with Crippen molar-refractivity contribution in [3.8, 4) is 0 Å². The Labute approximate surface area is 93.4 Å². The number of anilines is 2. The van der Waals surface area contributed by atoms with Crippen molar-refractivity contribution in [1.29, 1.82) is 0 Å². The first-order valence-electron chi connectivity index (χ1n) is 5.15. The smallest absolute Gasteiger partial charge is 0.328 e. The molecule has 16 heavy (non-hydrogen) atoms. The Balaban J connectivity index is 2.27. The highest BCUT2D eigenvalue weighted by atomic mass is 16.5. The minimum absolute atomic E-state index is 0.248. The van der Waals surface area contributed by atoms with Crippen molar-refractivity contribution < 1.29 is 9.53 Å². The van der Waals surface area contributed by atoms with Gasteiger partial charge in [0.2, 0.25) is 0 Å². The number of carbonyl (C=O) groups excluding carboxylic acids is 1. The summed E-state index contributed by atoms with van der Waals surface area (Å²) in [5.41, 5.74) is 5.74. The van der Waals surface area contributed by atoms with Gasteiger partial charge in [-0.1, -0.05) is 0 Å². The number of aromatic nitrogens is 2. The predicted molar refractivity (Wildman–Crippen MR) is 58.8 cm³/mol. The number of carbonyl (C=O) groups is 1. The molecule has 1 fully saturated rings. The third-order valence-electron chi connectivity index (χ3n) is 2.70. The summed E-state index contributed by atoms with van der Waals surface area (Å²) in [5, 5.41) is 0. The van der Waals surface area contributed by atoms with Crippen molar-refractivity contribution in [2.24, 2.45) is 0 Å². The summed E-state index contributed by atoms with van der Waals surface area (Å²) < 4.78 is 4.76. The van der Waals surface area contributed by atoms with Crippen LogP contribution in [0, 0.1) is 0 Å². The zero-order valence-electron chi connectivity index (χ0n) is 9.09. The SMILES string of the molecule is COC(=O)C1CCCN1c1nccnc1N. The number of nitrogen functional groups attached to an aromatic ring is 1. The van der Waals surface area contributed by atoms with Gasteiger partial charge in [-0.25, -0.2) is 14.8 Å². The van der Waals surface area contributed by atoms with Gasteiger partial charge in [0.15, 0.2) is 11.6 Å². The summed E-state index contributed by atoms with van der Waals surface area (Å²) in [6.45, 7) is 0.753. The lowest BCUT2D eigenvalue weighted by Crippen LogP contribution is -2.37. The zero-order valence-corrected chi connectivity index (χ0v) is 9.09. The van der Waals surface area contributed by atoms with Crippen LogP contribution in [0.5, 0.6) is 0 Å². The summed E-state index contributed by atoms with van der Waals surface area (Å²) in [5.74, 6) is 0.663. The van der Waals surface area contributed by atoms with E-state index in [1.165, 1.54) is 13.3 Å². The molecule has 1 aromatic heterocycles. The fourth-order valence-electron chi connectivity index (χ4n) is 1.96. The van der Waals surface area contributed by atoms with Gasteiger partial charge in [0.1, 0.15) is 6.04 Å². The van der Waals surface area contributed by atoms with Gasteiger partial charge in [-0.15, -0.1) is 0 Å². The standard InChI is InChI=1S/C10H14N4O2/c1-16-10(15)7-3-2-6-14(7)9-8(11)12-4-5-13-9/h4-5,7H,2-3,6H2,1H3,(H2,11,12). The molecule has 1 atom stereocenters. The Bertz CT molecular complexity index is 396. The van der Waals surface area contributed by atoms with E-state index in [9.17, 15) is 4.79 Å². The molecule has 1 aromatic rings. The lowest BCUT2D eigenvalue weighted by molar-refractivity contribution is -0.141. The van der Waals surface area contributed by atoms with Gasteiger partial charge in [0.25, 0.3) is 0 Å². The molecule has 0 spiro atoms. The van der Waals surface area contributed by atoms with Crippen molar-refractivity contribution in [1.82, 2.24) is 9.97 Å². The van der Waals surface area contributed by atoms with Gasteiger partial charge >= 0.3 is 5.97 Å². The van der Waals surface area contributed by atoms with Gasteiger partial charge in [-0.3, -0.25) is 0 Å². The average molecular weight is 222 g/mol. The molecule has 1 unspecified atom stereocenters. The van der Waals surface area contributed by atoms with E-state index in [2.05, 4.69) is 9.97 Å². The second-order valence-corrected chi connectivity index (χ2v) is 3.64. The molecule has 0 radical (unpaired) electrons. The van der Waals surface area contributed by atoms with Crippen LogP contribution in [0.4, 0.5) is 11.6 Å². The molecule has 86 valence electrons. The summed E-state index contributed by atoms with van der Waals surface area (Å²) >= 11 is 0. The molecule has 2 rings (SSSR count). The molecular formula is C10H14N4O2. The second kappa shape index (κ2) is 4.34. The summed E-state index contributed by atoms with van der Waals surface area (Å²) in [7, 11) is 1.39. The van der Waals surface area contributed by atoms with E-state index in [0.29, 0.717) is 11.6 Å². The van der Waals surface area contributed by atoms with Crippen LogP contribution in [0.1, 0.15) is 12.8 Å². The maximum absolute atomic E-state index is 11.6. The Hall–Kier alpha value is -1.85. The highest BCUT2D eigenvalue weighted by molar-refractivity contribution is 5.81. The first-order valence-corrected chi connectivity index (χ1v) is 5.15. The van der Waals surface area contributed by atoms with Crippen LogP contribution in [-0.2, 0) is 9.53 Å². The van der Waals surface area contributed by atoms with Crippen molar-refractivity contribution >= 4 is 17.6 Å². The second-order valence-electron chi connectivity index (χ2n) is 3.64. The van der Waals surface area contributed by atoms with Crippen molar-refractivity contribution in [2.45, 2.75) is 18.9 Å². The highest BCUT2D eigenvalue weighted by Crippen LogP contribution is 2.27.